The Balaban J connectivity index is 2.20. The van der Waals surface area contributed by atoms with E-state index < -0.39 is 5.97 Å². The molecular formula is C11H16N2O4S. The second kappa shape index (κ2) is 7.80. The molecule has 3 N–H and O–H groups in total. The lowest BCUT2D eigenvalue weighted by atomic mass is 10.4. The van der Waals surface area contributed by atoms with Crippen molar-refractivity contribution in [2.75, 3.05) is 26.8 Å². The van der Waals surface area contributed by atoms with Gasteiger partial charge < -0.3 is 20.5 Å². The largest absolute Gasteiger partial charge is 0.477 e. The topological polar surface area (TPSA) is 87.7 Å². The van der Waals surface area contributed by atoms with Crippen LogP contribution in [0.4, 0.5) is 0 Å². The van der Waals surface area contributed by atoms with Gasteiger partial charge in [-0.3, -0.25) is 4.79 Å². The normalized spacial score (nSPS) is 10.3. The second-order valence-electron chi connectivity index (χ2n) is 3.52. The van der Waals surface area contributed by atoms with Gasteiger partial charge >= 0.3 is 5.97 Å². The van der Waals surface area contributed by atoms with Crippen LogP contribution in [0.5, 0.6) is 0 Å². The van der Waals surface area contributed by atoms with Gasteiger partial charge in [-0.25, -0.2) is 4.79 Å². The maximum atomic E-state index is 11.3. The predicted octanol–water partition coefficient (Wildman–Crippen LogP) is 0.298. The summed E-state index contributed by atoms with van der Waals surface area (Å²) in [4.78, 5) is 23.1. The average Bonchev–Trinajstić information content (AvgIpc) is 2.78. The summed E-state index contributed by atoms with van der Waals surface area (Å²) < 4.78 is 4.80. The number of carbonyl (C=O) groups excluding carboxylic acids is 1. The Kier molecular flexibility index (Phi) is 6.34. The summed E-state index contributed by atoms with van der Waals surface area (Å²) in [6.45, 7) is 1.65. The van der Waals surface area contributed by atoms with Gasteiger partial charge in [0.2, 0.25) is 5.91 Å². The number of thiophene rings is 1. The van der Waals surface area contributed by atoms with E-state index in [9.17, 15) is 9.59 Å². The zero-order valence-corrected chi connectivity index (χ0v) is 10.9. The van der Waals surface area contributed by atoms with Crippen LogP contribution in [-0.4, -0.2) is 43.8 Å². The molecule has 0 saturated heterocycles. The number of rotatable bonds is 8. The van der Waals surface area contributed by atoms with Crippen LogP contribution in [0.1, 0.15) is 14.5 Å². The van der Waals surface area contributed by atoms with Crippen LogP contribution in [0.2, 0.25) is 0 Å². The van der Waals surface area contributed by atoms with Crippen LogP contribution in [-0.2, 0) is 16.1 Å². The molecule has 0 aliphatic heterocycles. The molecule has 100 valence electrons. The van der Waals surface area contributed by atoms with Gasteiger partial charge in [0.25, 0.3) is 0 Å². The van der Waals surface area contributed by atoms with Crippen LogP contribution >= 0.6 is 11.3 Å². The molecule has 18 heavy (non-hydrogen) atoms. The number of hydrogen-bond acceptors (Lipinski definition) is 5. The molecule has 1 rings (SSSR count). The lowest BCUT2D eigenvalue weighted by Gasteiger charge is -2.05. The second-order valence-corrected chi connectivity index (χ2v) is 4.69. The highest BCUT2D eigenvalue weighted by atomic mass is 32.1. The first-order valence-electron chi connectivity index (χ1n) is 5.42. The average molecular weight is 272 g/mol. The molecule has 0 aromatic carbocycles. The first-order chi connectivity index (χ1) is 8.63. The third-order valence-corrected chi connectivity index (χ3v) is 3.16. The van der Waals surface area contributed by atoms with Crippen molar-refractivity contribution < 1.29 is 19.4 Å². The minimum atomic E-state index is -0.927. The van der Waals surface area contributed by atoms with Crippen molar-refractivity contribution in [3.8, 4) is 0 Å². The van der Waals surface area contributed by atoms with Crippen LogP contribution in [0.25, 0.3) is 0 Å². The molecule has 1 amide bonds. The molecule has 0 spiro atoms. The summed E-state index contributed by atoms with van der Waals surface area (Å²) in [6, 6.07) is 3.30. The van der Waals surface area contributed by atoms with Gasteiger partial charge in [-0.15, -0.1) is 11.3 Å². The summed E-state index contributed by atoms with van der Waals surface area (Å²) in [6.07, 6.45) is 0. The quantitative estimate of drug-likeness (QED) is 0.592. The van der Waals surface area contributed by atoms with E-state index in [0.29, 0.717) is 24.6 Å². The van der Waals surface area contributed by atoms with Crippen LogP contribution in [0, 0.1) is 0 Å². The summed E-state index contributed by atoms with van der Waals surface area (Å²) in [5.41, 5.74) is 0. The molecule has 0 bridgehead atoms. The fraction of sp³-hybridized carbons (Fsp3) is 0.455. The smallest absolute Gasteiger partial charge is 0.345 e. The highest BCUT2D eigenvalue weighted by Gasteiger charge is 2.07. The molecule has 7 heteroatoms. The number of carboxylic acids is 1. The van der Waals surface area contributed by atoms with Gasteiger partial charge in [-0.1, -0.05) is 0 Å². The molecule has 0 fully saturated rings. The summed E-state index contributed by atoms with van der Waals surface area (Å²) in [7, 11) is 1.57. The number of aromatic carboxylic acids is 1. The summed E-state index contributed by atoms with van der Waals surface area (Å²) in [5, 5.41) is 14.4. The number of nitrogens with one attached hydrogen (secondary N) is 2. The van der Waals surface area contributed by atoms with E-state index in [-0.39, 0.29) is 12.5 Å². The fourth-order valence-electron chi connectivity index (χ4n) is 1.24. The van der Waals surface area contributed by atoms with Crippen molar-refractivity contribution in [3.05, 3.63) is 21.9 Å². The van der Waals surface area contributed by atoms with Crippen molar-refractivity contribution in [2.45, 2.75) is 6.54 Å². The van der Waals surface area contributed by atoms with Crippen molar-refractivity contribution >= 4 is 23.2 Å². The van der Waals surface area contributed by atoms with E-state index >= 15 is 0 Å². The number of ether oxygens (including phenoxy) is 1. The lowest BCUT2D eigenvalue weighted by Crippen LogP contribution is -2.35. The van der Waals surface area contributed by atoms with E-state index in [0.717, 1.165) is 4.88 Å². The Hall–Kier alpha value is -1.44. The predicted molar refractivity (Wildman–Crippen MR) is 67.9 cm³/mol. The van der Waals surface area contributed by atoms with Crippen molar-refractivity contribution in [2.24, 2.45) is 0 Å². The van der Waals surface area contributed by atoms with E-state index in [1.165, 1.54) is 11.3 Å². The Morgan fingerprint density at radius 2 is 2.22 bits per heavy atom. The molecule has 1 aromatic heterocycles. The molecule has 0 aliphatic rings. The molecule has 0 unspecified atom stereocenters. The van der Waals surface area contributed by atoms with Crippen molar-refractivity contribution in [1.29, 1.82) is 0 Å². The van der Waals surface area contributed by atoms with E-state index in [2.05, 4.69) is 10.6 Å². The number of amides is 1. The van der Waals surface area contributed by atoms with Gasteiger partial charge in [0.1, 0.15) is 4.88 Å². The number of hydrogen-bond donors (Lipinski definition) is 3. The minimum absolute atomic E-state index is 0.109. The molecule has 1 aromatic rings. The Bertz CT molecular complexity index is 406. The van der Waals surface area contributed by atoms with Gasteiger partial charge in [0, 0.05) is 25.1 Å². The molecule has 1 heterocycles. The Morgan fingerprint density at radius 1 is 1.44 bits per heavy atom. The van der Waals surface area contributed by atoms with Gasteiger partial charge in [-0.05, 0) is 12.1 Å². The number of carboxylic acid groups (broad SMARTS) is 1. The first kappa shape index (κ1) is 14.6. The highest BCUT2D eigenvalue weighted by molar-refractivity contribution is 7.13. The Morgan fingerprint density at radius 3 is 2.83 bits per heavy atom. The maximum absolute atomic E-state index is 11.3. The molecule has 6 nitrogen and oxygen atoms in total. The zero-order chi connectivity index (χ0) is 13.4. The van der Waals surface area contributed by atoms with Crippen LogP contribution in [0.3, 0.4) is 0 Å². The third kappa shape index (κ3) is 5.26. The summed E-state index contributed by atoms with van der Waals surface area (Å²) in [5.74, 6) is -1.04. The van der Waals surface area contributed by atoms with Gasteiger partial charge in [0.05, 0.1) is 13.2 Å². The zero-order valence-electron chi connectivity index (χ0n) is 10.1. The van der Waals surface area contributed by atoms with Crippen LogP contribution < -0.4 is 10.6 Å². The molecule has 0 saturated carbocycles. The molecular weight excluding hydrogens is 256 g/mol. The standard InChI is InChI=1S/C11H16N2O4S/c1-17-5-4-13-10(14)7-12-6-8-2-3-9(18-8)11(15)16/h2-3,12H,4-7H2,1H3,(H,13,14)(H,15,16). The highest BCUT2D eigenvalue weighted by Crippen LogP contribution is 2.15. The van der Waals surface area contributed by atoms with Crippen LogP contribution in [0.15, 0.2) is 12.1 Å². The van der Waals surface area contributed by atoms with Gasteiger partial charge in [-0.2, -0.15) is 0 Å². The van der Waals surface area contributed by atoms with Crippen molar-refractivity contribution in [3.63, 3.8) is 0 Å². The molecule has 0 atom stereocenters. The molecule has 0 aliphatic carbocycles. The monoisotopic (exact) mass is 272 g/mol. The minimum Gasteiger partial charge on any atom is -0.477 e. The number of methoxy groups -OCH3 is 1. The first-order valence-corrected chi connectivity index (χ1v) is 6.23. The van der Waals surface area contributed by atoms with Gasteiger partial charge in [0.15, 0.2) is 0 Å². The Labute approximate surface area is 109 Å². The lowest BCUT2D eigenvalue weighted by molar-refractivity contribution is -0.120. The van der Waals surface area contributed by atoms with E-state index in [1.54, 1.807) is 19.2 Å². The number of carbonyl (C=O) groups is 2. The van der Waals surface area contributed by atoms with E-state index in [1.807, 2.05) is 0 Å². The third-order valence-electron chi connectivity index (χ3n) is 2.09. The van der Waals surface area contributed by atoms with E-state index in [4.69, 9.17) is 9.84 Å². The maximum Gasteiger partial charge on any atom is 0.345 e. The fourth-order valence-corrected chi connectivity index (χ4v) is 2.06. The molecule has 0 radical (unpaired) electrons. The van der Waals surface area contributed by atoms with Crippen molar-refractivity contribution in [1.82, 2.24) is 10.6 Å². The summed E-state index contributed by atoms with van der Waals surface area (Å²) >= 11 is 1.20. The SMILES string of the molecule is COCCNC(=O)CNCc1ccc(C(=O)O)s1.